The number of amides is 2. The number of hydrogen-bond acceptors (Lipinski definition) is 5. The Labute approximate surface area is 222 Å². The van der Waals surface area contributed by atoms with Gasteiger partial charge in [0.2, 0.25) is 5.91 Å². The fourth-order valence-corrected chi connectivity index (χ4v) is 5.33. The van der Waals surface area contributed by atoms with Gasteiger partial charge < -0.3 is 25.4 Å². The van der Waals surface area contributed by atoms with E-state index in [2.05, 4.69) is 25.7 Å². The highest BCUT2D eigenvalue weighted by molar-refractivity contribution is 5.98. The molecule has 0 saturated carbocycles. The van der Waals surface area contributed by atoms with E-state index in [-0.39, 0.29) is 35.1 Å². The van der Waals surface area contributed by atoms with Crippen molar-refractivity contribution in [2.75, 3.05) is 32.8 Å². The van der Waals surface area contributed by atoms with Crippen molar-refractivity contribution in [1.29, 1.82) is 0 Å². The molecule has 2 heterocycles. The second kappa shape index (κ2) is 11.4. The van der Waals surface area contributed by atoms with Crippen LogP contribution < -0.4 is 10.5 Å². The standard InChI is InChI=1S/C29H37F2N3O4/c1-29(2,3)17-33-10-8-18(9-11-33)16-38-21-5-7-22(25(31)14-21)19-4-6-23(24(30)12-19)28(37)34-15-20(35)13-26(34)27(32)36/h4-7,12,14,18,20,26,35H,8-11,13,15-17H2,1-3H3,(H2,32,36)/t20-,26+/m1/s1. The normalized spacial score (nSPS) is 21.1. The number of benzene rings is 2. The van der Waals surface area contributed by atoms with Crippen LogP contribution in [0.25, 0.3) is 11.1 Å². The molecule has 2 aromatic rings. The van der Waals surface area contributed by atoms with Crippen molar-refractivity contribution in [2.24, 2.45) is 17.1 Å². The van der Waals surface area contributed by atoms with Crippen LogP contribution in [-0.2, 0) is 4.79 Å². The molecule has 4 rings (SSSR count). The van der Waals surface area contributed by atoms with Crippen LogP contribution in [0.4, 0.5) is 8.78 Å². The Balaban J connectivity index is 1.38. The van der Waals surface area contributed by atoms with Crippen LogP contribution in [0, 0.1) is 23.0 Å². The van der Waals surface area contributed by atoms with Gasteiger partial charge in [-0.25, -0.2) is 8.78 Å². The van der Waals surface area contributed by atoms with E-state index in [1.807, 2.05) is 0 Å². The van der Waals surface area contributed by atoms with Gasteiger partial charge >= 0.3 is 0 Å². The molecule has 0 radical (unpaired) electrons. The first-order chi connectivity index (χ1) is 17.9. The molecule has 2 fully saturated rings. The van der Waals surface area contributed by atoms with Crippen LogP contribution in [0.1, 0.15) is 50.4 Å². The maximum absolute atomic E-state index is 15.0. The van der Waals surface area contributed by atoms with Gasteiger partial charge in [0.05, 0.1) is 18.3 Å². The zero-order valence-electron chi connectivity index (χ0n) is 22.3. The largest absolute Gasteiger partial charge is 0.493 e. The monoisotopic (exact) mass is 529 g/mol. The summed E-state index contributed by atoms with van der Waals surface area (Å²) in [5.74, 6) is -2.09. The maximum Gasteiger partial charge on any atom is 0.257 e. The van der Waals surface area contributed by atoms with Crippen LogP contribution in [-0.4, -0.2) is 71.7 Å². The number of likely N-dealkylation sites (tertiary alicyclic amines) is 2. The molecular formula is C29H37F2N3O4. The molecule has 206 valence electrons. The van der Waals surface area contributed by atoms with Crippen LogP contribution >= 0.6 is 0 Å². The topological polar surface area (TPSA) is 96.1 Å². The molecular weight excluding hydrogens is 492 g/mol. The molecule has 9 heteroatoms. The summed E-state index contributed by atoms with van der Waals surface area (Å²) in [5.41, 5.74) is 5.77. The molecule has 2 aromatic carbocycles. The fraction of sp³-hybridized carbons (Fsp3) is 0.517. The van der Waals surface area contributed by atoms with Crippen LogP contribution in [0.15, 0.2) is 36.4 Å². The predicted molar refractivity (Wildman–Crippen MR) is 141 cm³/mol. The predicted octanol–water partition coefficient (Wildman–Crippen LogP) is 3.83. The molecule has 7 nitrogen and oxygen atoms in total. The van der Waals surface area contributed by atoms with Crippen molar-refractivity contribution in [3.8, 4) is 16.9 Å². The number of carbonyl (C=O) groups excluding carboxylic acids is 2. The molecule has 0 bridgehead atoms. The maximum atomic E-state index is 15.0. The fourth-order valence-electron chi connectivity index (χ4n) is 5.33. The van der Waals surface area contributed by atoms with Gasteiger partial charge in [-0.3, -0.25) is 9.59 Å². The first-order valence-corrected chi connectivity index (χ1v) is 13.1. The third kappa shape index (κ3) is 6.69. The number of rotatable bonds is 7. The van der Waals surface area contributed by atoms with E-state index in [1.54, 1.807) is 6.07 Å². The van der Waals surface area contributed by atoms with E-state index >= 15 is 0 Å². The number of nitrogens with zero attached hydrogens (tertiary/aromatic N) is 2. The number of primary amides is 1. The lowest BCUT2D eigenvalue weighted by Gasteiger charge is -2.35. The molecule has 2 aliphatic rings. The van der Waals surface area contributed by atoms with E-state index in [1.165, 1.54) is 24.3 Å². The van der Waals surface area contributed by atoms with Gasteiger partial charge in [0.1, 0.15) is 23.4 Å². The number of halogens is 2. The summed E-state index contributed by atoms with van der Waals surface area (Å²) in [7, 11) is 0. The average Bonchev–Trinajstić information content (AvgIpc) is 3.24. The van der Waals surface area contributed by atoms with E-state index in [0.29, 0.717) is 18.3 Å². The molecule has 3 N–H and O–H groups in total. The molecule has 2 atom stereocenters. The van der Waals surface area contributed by atoms with Crippen molar-refractivity contribution in [3.63, 3.8) is 0 Å². The number of carbonyl (C=O) groups is 2. The van der Waals surface area contributed by atoms with Crippen LogP contribution in [0.3, 0.4) is 0 Å². The van der Waals surface area contributed by atoms with Gasteiger partial charge in [-0.1, -0.05) is 26.8 Å². The quantitative estimate of drug-likeness (QED) is 0.569. The Morgan fingerprint density at radius 1 is 1.08 bits per heavy atom. The van der Waals surface area contributed by atoms with Gasteiger partial charge in [0, 0.05) is 31.1 Å². The Bertz CT molecular complexity index is 1170. The molecule has 0 aliphatic carbocycles. The molecule has 0 aromatic heterocycles. The van der Waals surface area contributed by atoms with Crippen molar-refractivity contribution in [2.45, 2.75) is 52.2 Å². The van der Waals surface area contributed by atoms with Crippen molar-refractivity contribution >= 4 is 11.8 Å². The van der Waals surface area contributed by atoms with E-state index in [0.717, 1.165) is 43.4 Å². The average molecular weight is 530 g/mol. The molecule has 2 saturated heterocycles. The van der Waals surface area contributed by atoms with Crippen molar-refractivity contribution in [1.82, 2.24) is 9.80 Å². The van der Waals surface area contributed by atoms with Gasteiger partial charge in [0.15, 0.2) is 0 Å². The molecule has 0 unspecified atom stereocenters. The van der Waals surface area contributed by atoms with Crippen LogP contribution in [0.2, 0.25) is 0 Å². The summed E-state index contributed by atoms with van der Waals surface area (Å²) in [6.07, 6.45) is 1.18. The number of piperidine rings is 1. The first-order valence-electron chi connectivity index (χ1n) is 13.1. The minimum Gasteiger partial charge on any atom is -0.493 e. The molecule has 38 heavy (non-hydrogen) atoms. The summed E-state index contributed by atoms with van der Waals surface area (Å²) < 4.78 is 35.8. The van der Waals surface area contributed by atoms with Gasteiger partial charge in [-0.2, -0.15) is 0 Å². The minimum absolute atomic E-state index is 0.0107. The summed E-state index contributed by atoms with van der Waals surface area (Å²) in [6, 6.07) is 7.28. The highest BCUT2D eigenvalue weighted by Gasteiger charge is 2.38. The lowest BCUT2D eigenvalue weighted by atomic mass is 9.92. The van der Waals surface area contributed by atoms with Crippen LogP contribution in [0.5, 0.6) is 5.75 Å². The number of ether oxygens (including phenoxy) is 1. The van der Waals surface area contributed by atoms with E-state index in [9.17, 15) is 23.5 Å². The third-order valence-corrected chi connectivity index (χ3v) is 7.21. The zero-order chi connectivity index (χ0) is 27.6. The number of β-amino-alcohol motifs (C(OH)–C–C–N with tert-alkyl or cyclic N) is 1. The molecule has 2 amide bonds. The number of aliphatic hydroxyl groups excluding tert-OH is 1. The first kappa shape index (κ1) is 28.0. The second-order valence-corrected chi connectivity index (χ2v) is 11.7. The SMILES string of the molecule is CC(C)(C)CN1CCC(COc2ccc(-c3ccc(C(=O)N4C[C@H](O)C[C@H]4C(N)=O)c(F)c3)c(F)c2)CC1. The Morgan fingerprint density at radius 2 is 1.79 bits per heavy atom. The highest BCUT2D eigenvalue weighted by Crippen LogP contribution is 2.30. The lowest BCUT2D eigenvalue weighted by molar-refractivity contribution is -0.121. The second-order valence-electron chi connectivity index (χ2n) is 11.7. The van der Waals surface area contributed by atoms with E-state index < -0.39 is 35.6 Å². The Morgan fingerprint density at radius 3 is 2.39 bits per heavy atom. The minimum atomic E-state index is -1.00. The number of hydrogen-bond donors (Lipinski definition) is 2. The van der Waals surface area contributed by atoms with Gasteiger partial charge in [-0.15, -0.1) is 0 Å². The summed E-state index contributed by atoms with van der Waals surface area (Å²) >= 11 is 0. The number of aliphatic hydroxyl groups is 1. The van der Waals surface area contributed by atoms with E-state index in [4.69, 9.17) is 10.5 Å². The summed E-state index contributed by atoms with van der Waals surface area (Å²) in [5, 5.41) is 9.84. The highest BCUT2D eigenvalue weighted by atomic mass is 19.1. The molecule has 0 spiro atoms. The van der Waals surface area contributed by atoms with Crippen molar-refractivity contribution in [3.05, 3.63) is 53.6 Å². The Hall–Kier alpha value is -3.04. The Kier molecular flexibility index (Phi) is 8.37. The zero-order valence-corrected chi connectivity index (χ0v) is 22.3. The van der Waals surface area contributed by atoms with Gasteiger partial charge in [-0.05, 0) is 67.1 Å². The smallest absolute Gasteiger partial charge is 0.257 e. The lowest BCUT2D eigenvalue weighted by Crippen LogP contribution is -2.44. The molecule has 2 aliphatic heterocycles. The summed E-state index contributed by atoms with van der Waals surface area (Å²) in [6.45, 7) is 10.3. The third-order valence-electron chi connectivity index (χ3n) is 7.21. The number of nitrogens with two attached hydrogens (primary N) is 1. The van der Waals surface area contributed by atoms with Crippen molar-refractivity contribution < 1.29 is 28.2 Å². The summed E-state index contributed by atoms with van der Waals surface area (Å²) in [4.78, 5) is 28.0. The van der Waals surface area contributed by atoms with Gasteiger partial charge in [0.25, 0.3) is 5.91 Å².